The Morgan fingerprint density at radius 2 is 1.84 bits per heavy atom. The lowest BCUT2D eigenvalue weighted by Crippen LogP contribution is -2.44. The van der Waals surface area contributed by atoms with E-state index in [2.05, 4.69) is 59.1 Å². The normalized spacial score (nSPS) is 16.4. The molecule has 6 nitrogen and oxygen atoms in total. The molecule has 1 saturated heterocycles. The van der Waals surface area contributed by atoms with E-state index in [0.29, 0.717) is 42.9 Å². The summed E-state index contributed by atoms with van der Waals surface area (Å²) in [7, 11) is 0. The highest BCUT2D eigenvalue weighted by Crippen LogP contribution is 2.44. The fourth-order valence-corrected chi connectivity index (χ4v) is 4.31. The summed E-state index contributed by atoms with van der Waals surface area (Å²) in [4.78, 5) is 27.7. The molecule has 156 valence electrons. The number of rotatable bonds is 4. The smallest absolute Gasteiger partial charge is 0.256 e. The lowest BCUT2D eigenvalue weighted by atomic mass is 9.68. The van der Waals surface area contributed by atoms with E-state index in [-0.39, 0.29) is 11.8 Å². The molecule has 1 fully saturated rings. The van der Waals surface area contributed by atoms with Gasteiger partial charge in [0.25, 0.3) is 5.91 Å². The van der Waals surface area contributed by atoms with Crippen molar-refractivity contribution in [1.82, 2.24) is 19.9 Å². The molecular formula is C25H25N5O. The summed E-state index contributed by atoms with van der Waals surface area (Å²) < 4.78 is 0. The molecule has 4 rings (SSSR count). The predicted octanol–water partition coefficient (Wildman–Crippen LogP) is 4.40. The molecule has 0 saturated carbocycles. The topological polar surface area (TPSA) is 82.8 Å². The molecule has 0 bridgehead atoms. The third-order valence-electron chi connectivity index (χ3n) is 6.43. The molecule has 0 radical (unpaired) electrons. The number of carbonyl (C=O) groups is 1. The molecule has 0 aliphatic carbocycles. The maximum absolute atomic E-state index is 13.3. The summed E-state index contributed by atoms with van der Waals surface area (Å²) in [6, 6.07) is 16.3. The van der Waals surface area contributed by atoms with Crippen molar-refractivity contribution >= 4 is 5.91 Å². The van der Waals surface area contributed by atoms with Gasteiger partial charge in [-0.25, -0.2) is 9.97 Å². The fraction of sp³-hybridized carbons (Fsp3) is 0.320. The van der Waals surface area contributed by atoms with Gasteiger partial charge in [-0.15, -0.1) is 0 Å². The van der Waals surface area contributed by atoms with E-state index in [9.17, 15) is 10.1 Å². The van der Waals surface area contributed by atoms with Crippen molar-refractivity contribution in [3.63, 3.8) is 0 Å². The first-order valence-corrected chi connectivity index (χ1v) is 10.5. The zero-order chi connectivity index (χ0) is 21.8. The summed E-state index contributed by atoms with van der Waals surface area (Å²) in [5.41, 5.74) is 3.60. The van der Waals surface area contributed by atoms with Gasteiger partial charge in [-0.2, -0.15) is 5.26 Å². The number of piperidine rings is 1. The van der Waals surface area contributed by atoms with Gasteiger partial charge >= 0.3 is 0 Å². The zero-order valence-electron chi connectivity index (χ0n) is 17.8. The Bertz CT molecular complexity index is 1100. The Morgan fingerprint density at radius 3 is 2.48 bits per heavy atom. The lowest BCUT2D eigenvalue weighted by molar-refractivity contribution is 0.0623. The Hall–Kier alpha value is -3.59. The maximum atomic E-state index is 13.3. The molecule has 0 N–H and O–H groups in total. The minimum absolute atomic E-state index is 0.0729. The summed E-state index contributed by atoms with van der Waals surface area (Å²) in [6.07, 6.45) is 6.04. The first kappa shape index (κ1) is 20.7. The Balaban J connectivity index is 1.53. The largest absolute Gasteiger partial charge is 0.338 e. The number of hydrogen-bond acceptors (Lipinski definition) is 5. The average Bonchev–Trinajstić information content (AvgIpc) is 2.84. The van der Waals surface area contributed by atoms with Crippen LogP contribution in [0.2, 0.25) is 0 Å². The van der Waals surface area contributed by atoms with Crippen LogP contribution in [-0.4, -0.2) is 38.8 Å². The second kappa shape index (κ2) is 8.65. The number of likely N-dealkylation sites (tertiary alicyclic amines) is 1. The summed E-state index contributed by atoms with van der Waals surface area (Å²) in [6.45, 7) is 5.27. The van der Waals surface area contributed by atoms with Crippen molar-refractivity contribution in [2.24, 2.45) is 5.41 Å². The number of carbonyl (C=O) groups excluding carboxylic acids is 1. The fourth-order valence-electron chi connectivity index (χ4n) is 4.31. The second-order valence-corrected chi connectivity index (χ2v) is 8.19. The van der Waals surface area contributed by atoms with Crippen LogP contribution in [0.15, 0.2) is 61.2 Å². The number of nitriles is 1. The minimum atomic E-state index is -0.476. The molecule has 1 unspecified atom stereocenters. The third-order valence-corrected chi connectivity index (χ3v) is 6.43. The molecule has 1 aromatic carbocycles. The first-order valence-electron chi connectivity index (χ1n) is 10.5. The van der Waals surface area contributed by atoms with Gasteiger partial charge in [-0.05, 0) is 49.4 Å². The van der Waals surface area contributed by atoms with Crippen LogP contribution in [0.1, 0.15) is 47.2 Å². The monoisotopic (exact) mass is 411 g/mol. The molecule has 6 heteroatoms. The van der Waals surface area contributed by atoms with Gasteiger partial charge in [-0.3, -0.25) is 9.78 Å². The molecular weight excluding hydrogens is 386 g/mol. The number of pyridine rings is 1. The highest BCUT2D eigenvalue weighted by atomic mass is 16.2. The standard InChI is InChI=1S/C25H25N5O/c1-18-5-7-20(8-6-18)19(2)25(16-26)10-14-30(15-11-25)24(31)21-4-3-12-28-23(21)22-9-13-27-17-29-22/h3-9,12-13,17,19H,10-11,14-15H2,1-2H3. The van der Waals surface area contributed by atoms with Crippen molar-refractivity contribution in [1.29, 1.82) is 5.26 Å². The van der Waals surface area contributed by atoms with Gasteiger partial charge in [0, 0.05) is 25.5 Å². The Labute approximate surface area is 182 Å². The van der Waals surface area contributed by atoms with E-state index in [1.165, 1.54) is 17.5 Å². The Morgan fingerprint density at radius 1 is 1.10 bits per heavy atom. The van der Waals surface area contributed by atoms with Crippen molar-refractivity contribution in [2.75, 3.05) is 13.1 Å². The third kappa shape index (κ3) is 4.04. The maximum Gasteiger partial charge on any atom is 0.256 e. The Kier molecular flexibility index (Phi) is 5.77. The van der Waals surface area contributed by atoms with Crippen LogP contribution in [-0.2, 0) is 0 Å². The summed E-state index contributed by atoms with van der Waals surface area (Å²) in [5, 5.41) is 10.1. The molecule has 31 heavy (non-hydrogen) atoms. The van der Waals surface area contributed by atoms with Crippen LogP contribution in [0, 0.1) is 23.7 Å². The number of aromatic nitrogens is 3. The molecule has 2 aromatic heterocycles. The van der Waals surface area contributed by atoms with E-state index >= 15 is 0 Å². The molecule has 0 spiro atoms. The van der Waals surface area contributed by atoms with Gasteiger partial charge in [0.15, 0.2) is 0 Å². The highest BCUT2D eigenvalue weighted by molar-refractivity contribution is 5.99. The number of nitrogens with zero attached hydrogens (tertiary/aromatic N) is 5. The van der Waals surface area contributed by atoms with Gasteiger partial charge in [0.1, 0.15) is 12.0 Å². The van der Waals surface area contributed by atoms with E-state index in [1.807, 2.05) is 4.90 Å². The zero-order valence-corrected chi connectivity index (χ0v) is 17.8. The van der Waals surface area contributed by atoms with Crippen LogP contribution in [0.3, 0.4) is 0 Å². The number of hydrogen-bond donors (Lipinski definition) is 0. The predicted molar refractivity (Wildman–Crippen MR) is 118 cm³/mol. The molecule has 3 heterocycles. The number of amides is 1. The molecule has 1 amide bonds. The van der Waals surface area contributed by atoms with E-state index in [1.54, 1.807) is 30.6 Å². The average molecular weight is 412 g/mol. The highest BCUT2D eigenvalue weighted by Gasteiger charge is 2.41. The van der Waals surface area contributed by atoms with Crippen LogP contribution < -0.4 is 0 Å². The van der Waals surface area contributed by atoms with Gasteiger partial charge < -0.3 is 4.90 Å². The molecule has 1 aliphatic heterocycles. The van der Waals surface area contributed by atoms with Crippen molar-refractivity contribution in [3.05, 3.63) is 77.9 Å². The lowest BCUT2D eigenvalue weighted by Gasteiger charge is -2.41. The van der Waals surface area contributed by atoms with Gasteiger partial charge in [0.05, 0.1) is 22.7 Å². The minimum Gasteiger partial charge on any atom is -0.338 e. The molecule has 1 aliphatic rings. The van der Waals surface area contributed by atoms with Crippen molar-refractivity contribution in [2.45, 2.75) is 32.6 Å². The van der Waals surface area contributed by atoms with Crippen LogP contribution in [0.25, 0.3) is 11.4 Å². The van der Waals surface area contributed by atoms with Crippen LogP contribution >= 0.6 is 0 Å². The number of aryl methyl sites for hydroxylation is 1. The van der Waals surface area contributed by atoms with Gasteiger partial charge in [0.2, 0.25) is 0 Å². The number of benzene rings is 1. The first-order chi connectivity index (χ1) is 15.0. The van der Waals surface area contributed by atoms with Crippen LogP contribution in [0.4, 0.5) is 0 Å². The SMILES string of the molecule is Cc1ccc(C(C)C2(C#N)CCN(C(=O)c3cccnc3-c3ccncn3)CC2)cc1. The summed E-state index contributed by atoms with van der Waals surface area (Å²) >= 11 is 0. The summed E-state index contributed by atoms with van der Waals surface area (Å²) in [5.74, 6) is 0.0292. The van der Waals surface area contributed by atoms with Gasteiger partial charge in [-0.1, -0.05) is 36.8 Å². The van der Waals surface area contributed by atoms with Crippen molar-refractivity contribution < 1.29 is 4.79 Å². The molecule has 3 aromatic rings. The van der Waals surface area contributed by atoms with E-state index in [4.69, 9.17) is 0 Å². The van der Waals surface area contributed by atoms with E-state index in [0.717, 1.165) is 0 Å². The molecule has 1 atom stereocenters. The second-order valence-electron chi connectivity index (χ2n) is 8.19. The quantitative estimate of drug-likeness (QED) is 0.636. The van der Waals surface area contributed by atoms with Crippen LogP contribution in [0.5, 0.6) is 0 Å². The van der Waals surface area contributed by atoms with Crippen molar-refractivity contribution in [3.8, 4) is 17.5 Å². The van der Waals surface area contributed by atoms with E-state index < -0.39 is 5.41 Å².